The summed E-state index contributed by atoms with van der Waals surface area (Å²) in [5.41, 5.74) is 0. The van der Waals surface area contributed by atoms with Gasteiger partial charge in [0.05, 0.1) is 0 Å². The van der Waals surface area contributed by atoms with Crippen LogP contribution in [0.5, 0.6) is 0 Å². The zero-order chi connectivity index (χ0) is 15.9. The first-order chi connectivity index (χ1) is 9.83. The number of nitrogens with one attached hydrogen (secondary N) is 1. The molecule has 0 heterocycles. The minimum atomic E-state index is -4.01. The topological polar surface area (TPSA) is 12.0 Å². The molecule has 4 heteroatoms. The van der Waals surface area contributed by atoms with E-state index in [0.717, 1.165) is 24.8 Å². The average molecular weight is 307 g/mol. The monoisotopic (exact) mass is 307 g/mol. The SMILES string of the molecule is CCCNC(CCCC(F)(F)F)C1CCC(C(C)C)CC1. The van der Waals surface area contributed by atoms with E-state index in [1.165, 1.54) is 25.7 Å². The van der Waals surface area contributed by atoms with Crippen molar-refractivity contribution in [3.05, 3.63) is 0 Å². The summed E-state index contributed by atoms with van der Waals surface area (Å²) < 4.78 is 37.0. The van der Waals surface area contributed by atoms with Gasteiger partial charge in [-0.25, -0.2) is 0 Å². The Bertz CT molecular complexity index is 268. The quantitative estimate of drug-likeness (QED) is 0.620. The summed E-state index contributed by atoms with van der Waals surface area (Å²) in [5, 5.41) is 3.50. The zero-order valence-electron chi connectivity index (χ0n) is 13.8. The summed E-state index contributed by atoms with van der Waals surface area (Å²) in [6.45, 7) is 7.58. The van der Waals surface area contributed by atoms with Crippen LogP contribution in [0.1, 0.15) is 72.1 Å². The Morgan fingerprint density at radius 2 is 1.62 bits per heavy atom. The first-order valence-corrected chi connectivity index (χ1v) is 8.63. The van der Waals surface area contributed by atoms with Crippen LogP contribution in [0.3, 0.4) is 0 Å². The molecular formula is C17H32F3N. The number of rotatable bonds is 8. The maximum Gasteiger partial charge on any atom is 0.389 e. The van der Waals surface area contributed by atoms with E-state index in [9.17, 15) is 13.2 Å². The third-order valence-corrected chi connectivity index (χ3v) is 4.96. The van der Waals surface area contributed by atoms with Gasteiger partial charge in [-0.2, -0.15) is 13.2 Å². The predicted molar refractivity (Wildman–Crippen MR) is 82.3 cm³/mol. The second-order valence-corrected chi connectivity index (χ2v) is 6.99. The number of hydrogen-bond acceptors (Lipinski definition) is 1. The normalized spacial score (nSPS) is 25.3. The Labute approximate surface area is 128 Å². The molecule has 0 aromatic heterocycles. The molecule has 0 aromatic rings. The molecule has 1 N–H and O–H groups in total. The predicted octanol–water partition coefficient (Wildman–Crippen LogP) is 5.55. The summed E-state index contributed by atoms with van der Waals surface area (Å²) in [6, 6.07) is 0.278. The highest BCUT2D eigenvalue weighted by atomic mass is 19.4. The van der Waals surface area contributed by atoms with Crippen molar-refractivity contribution < 1.29 is 13.2 Å². The van der Waals surface area contributed by atoms with Gasteiger partial charge >= 0.3 is 6.18 Å². The van der Waals surface area contributed by atoms with Gasteiger partial charge in [-0.3, -0.25) is 0 Å². The highest BCUT2D eigenvalue weighted by Crippen LogP contribution is 2.36. The van der Waals surface area contributed by atoms with Crippen LogP contribution in [0.2, 0.25) is 0 Å². The first-order valence-electron chi connectivity index (χ1n) is 8.63. The standard InChI is InChI=1S/C17H32F3N/c1-4-12-21-16(6-5-11-17(18,19)20)15-9-7-14(8-10-15)13(2)3/h13-16,21H,4-12H2,1-3H3. The van der Waals surface area contributed by atoms with Crippen molar-refractivity contribution in [2.45, 2.75) is 84.4 Å². The minimum Gasteiger partial charge on any atom is -0.314 e. The fourth-order valence-electron chi connectivity index (χ4n) is 3.57. The summed E-state index contributed by atoms with van der Waals surface area (Å²) in [7, 11) is 0. The second-order valence-electron chi connectivity index (χ2n) is 6.99. The largest absolute Gasteiger partial charge is 0.389 e. The lowest BCUT2D eigenvalue weighted by molar-refractivity contribution is -0.136. The third kappa shape index (κ3) is 7.53. The second kappa shape index (κ2) is 9.02. The van der Waals surface area contributed by atoms with Crippen LogP contribution in [-0.4, -0.2) is 18.8 Å². The van der Waals surface area contributed by atoms with Crippen molar-refractivity contribution in [1.82, 2.24) is 5.32 Å². The highest BCUT2D eigenvalue weighted by Gasteiger charge is 2.30. The molecule has 1 aliphatic rings. The van der Waals surface area contributed by atoms with Gasteiger partial charge in [0.15, 0.2) is 0 Å². The first kappa shape index (κ1) is 18.8. The molecule has 1 saturated carbocycles. The number of alkyl halides is 3. The molecule has 0 radical (unpaired) electrons. The van der Waals surface area contributed by atoms with E-state index in [1.54, 1.807) is 0 Å². The van der Waals surface area contributed by atoms with Crippen LogP contribution in [-0.2, 0) is 0 Å². The average Bonchev–Trinajstić information content (AvgIpc) is 2.41. The van der Waals surface area contributed by atoms with Crippen molar-refractivity contribution in [2.24, 2.45) is 17.8 Å². The van der Waals surface area contributed by atoms with Crippen LogP contribution in [0.25, 0.3) is 0 Å². The lowest BCUT2D eigenvalue weighted by Crippen LogP contribution is -2.39. The Hall–Kier alpha value is -0.250. The van der Waals surface area contributed by atoms with Crippen molar-refractivity contribution in [2.75, 3.05) is 6.54 Å². The Morgan fingerprint density at radius 1 is 1.05 bits per heavy atom. The summed E-state index contributed by atoms with van der Waals surface area (Å²) in [6.07, 6.45) is 2.15. The van der Waals surface area contributed by atoms with Crippen molar-refractivity contribution in [3.63, 3.8) is 0 Å². The van der Waals surface area contributed by atoms with Crippen LogP contribution >= 0.6 is 0 Å². The molecule has 126 valence electrons. The zero-order valence-corrected chi connectivity index (χ0v) is 13.8. The Morgan fingerprint density at radius 3 is 2.10 bits per heavy atom. The van der Waals surface area contributed by atoms with Crippen molar-refractivity contribution >= 4 is 0 Å². The van der Waals surface area contributed by atoms with E-state index in [4.69, 9.17) is 0 Å². The molecule has 0 amide bonds. The molecule has 1 unspecified atom stereocenters. The minimum absolute atomic E-state index is 0.259. The highest BCUT2D eigenvalue weighted by molar-refractivity contribution is 4.83. The van der Waals surface area contributed by atoms with Gasteiger partial charge in [0.1, 0.15) is 0 Å². The maximum absolute atomic E-state index is 12.3. The van der Waals surface area contributed by atoms with Crippen LogP contribution in [0, 0.1) is 17.8 Å². The van der Waals surface area contributed by atoms with Gasteiger partial charge in [0.2, 0.25) is 0 Å². The number of halogens is 3. The molecule has 1 aliphatic carbocycles. The van der Waals surface area contributed by atoms with E-state index in [1.807, 2.05) is 0 Å². The molecule has 0 bridgehead atoms. The van der Waals surface area contributed by atoms with E-state index in [0.29, 0.717) is 12.3 Å². The smallest absolute Gasteiger partial charge is 0.314 e. The fraction of sp³-hybridized carbons (Fsp3) is 1.00. The Balaban J connectivity index is 2.42. The molecule has 0 spiro atoms. The van der Waals surface area contributed by atoms with Crippen LogP contribution < -0.4 is 5.32 Å². The maximum atomic E-state index is 12.3. The van der Waals surface area contributed by atoms with Gasteiger partial charge < -0.3 is 5.32 Å². The molecule has 0 aliphatic heterocycles. The van der Waals surface area contributed by atoms with Crippen molar-refractivity contribution in [3.8, 4) is 0 Å². The summed E-state index contributed by atoms with van der Waals surface area (Å²) in [5.74, 6) is 2.11. The van der Waals surface area contributed by atoms with Gasteiger partial charge in [-0.1, -0.05) is 20.8 Å². The fourth-order valence-corrected chi connectivity index (χ4v) is 3.57. The van der Waals surface area contributed by atoms with Crippen LogP contribution in [0.15, 0.2) is 0 Å². The number of hydrogen-bond donors (Lipinski definition) is 1. The molecule has 1 atom stereocenters. The van der Waals surface area contributed by atoms with Gasteiger partial charge in [0.25, 0.3) is 0 Å². The van der Waals surface area contributed by atoms with E-state index >= 15 is 0 Å². The Kier molecular flexibility index (Phi) is 8.07. The molecule has 0 saturated heterocycles. The van der Waals surface area contributed by atoms with Gasteiger partial charge in [-0.05, 0) is 69.2 Å². The van der Waals surface area contributed by atoms with E-state index < -0.39 is 12.6 Å². The molecule has 1 nitrogen and oxygen atoms in total. The molecule has 1 fully saturated rings. The summed E-state index contributed by atoms with van der Waals surface area (Å²) >= 11 is 0. The van der Waals surface area contributed by atoms with Gasteiger partial charge in [-0.15, -0.1) is 0 Å². The van der Waals surface area contributed by atoms with Crippen LogP contribution in [0.4, 0.5) is 13.2 Å². The molecule has 21 heavy (non-hydrogen) atoms. The van der Waals surface area contributed by atoms with E-state index in [2.05, 4.69) is 26.1 Å². The third-order valence-electron chi connectivity index (χ3n) is 4.96. The van der Waals surface area contributed by atoms with Crippen molar-refractivity contribution in [1.29, 1.82) is 0 Å². The molecule has 1 rings (SSSR count). The van der Waals surface area contributed by atoms with Gasteiger partial charge in [0, 0.05) is 12.5 Å². The molecular weight excluding hydrogens is 275 g/mol. The lowest BCUT2D eigenvalue weighted by atomic mass is 9.74. The van der Waals surface area contributed by atoms with E-state index in [-0.39, 0.29) is 12.5 Å². The lowest BCUT2D eigenvalue weighted by Gasteiger charge is -2.36. The molecule has 0 aromatic carbocycles. The summed E-state index contributed by atoms with van der Waals surface area (Å²) in [4.78, 5) is 0.